The Balaban J connectivity index is 2.04. The minimum Gasteiger partial charge on any atom is -0.481 e. The topological polar surface area (TPSA) is 73.4 Å². The molecule has 100 valence electrons. The van der Waals surface area contributed by atoms with Crippen LogP contribution in [0.3, 0.4) is 0 Å². The van der Waals surface area contributed by atoms with Crippen molar-refractivity contribution < 1.29 is 14.7 Å². The molecule has 0 saturated heterocycles. The lowest BCUT2D eigenvalue weighted by molar-refractivity contribution is -0.138. The summed E-state index contributed by atoms with van der Waals surface area (Å²) < 4.78 is 0. The normalized spacial score (nSPS) is 10.6. The maximum absolute atomic E-state index is 12.0. The van der Waals surface area contributed by atoms with Crippen molar-refractivity contribution in [2.75, 3.05) is 13.6 Å². The number of benzene rings is 1. The van der Waals surface area contributed by atoms with Gasteiger partial charge in [0.05, 0.1) is 12.8 Å². The number of aromatic amines is 1. The Morgan fingerprint density at radius 2 is 2.05 bits per heavy atom. The lowest BCUT2D eigenvalue weighted by Gasteiger charge is -2.15. The lowest BCUT2D eigenvalue weighted by Crippen LogP contribution is -2.30. The van der Waals surface area contributed by atoms with Crippen molar-refractivity contribution in [2.45, 2.75) is 12.8 Å². The van der Waals surface area contributed by atoms with Crippen LogP contribution >= 0.6 is 0 Å². The molecule has 1 heterocycles. The van der Waals surface area contributed by atoms with Gasteiger partial charge >= 0.3 is 5.97 Å². The number of carboxylic acid groups (broad SMARTS) is 1. The number of nitrogens with zero attached hydrogens (tertiary/aromatic N) is 1. The fraction of sp³-hybridized carbons (Fsp3) is 0.286. The number of fused-ring (bicyclic) bond motifs is 1. The van der Waals surface area contributed by atoms with Gasteiger partial charge < -0.3 is 15.0 Å². The Bertz CT molecular complexity index is 604. The lowest BCUT2D eigenvalue weighted by atomic mass is 10.1. The summed E-state index contributed by atoms with van der Waals surface area (Å²) in [6.07, 6.45) is 2.07. The average Bonchev–Trinajstić information content (AvgIpc) is 2.79. The van der Waals surface area contributed by atoms with Crippen molar-refractivity contribution >= 4 is 22.8 Å². The number of amides is 1. The first-order chi connectivity index (χ1) is 9.08. The molecule has 1 aromatic heterocycles. The molecule has 0 aliphatic heterocycles. The smallest absolute Gasteiger partial charge is 0.305 e. The number of carbonyl (C=O) groups excluding carboxylic acids is 1. The molecule has 2 rings (SSSR count). The Hall–Kier alpha value is -2.30. The summed E-state index contributed by atoms with van der Waals surface area (Å²) in [7, 11) is 1.63. The van der Waals surface area contributed by atoms with Crippen LogP contribution in [0.15, 0.2) is 30.5 Å². The fourth-order valence-electron chi connectivity index (χ4n) is 1.96. The van der Waals surface area contributed by atoms with E-state index in [0.717, 1.165) is 16.5 Å². The monoisotopic (exact) mass is 260 g/mol. The van der Waals surface area contributed by atoms with E-state index in [1.54, 1.807) is 7.05 Å². The molecule has 0 bridgehead atoms. The van der Waals surface area contributed by atoms with E-state index in [2.05, 4.69) is 4.98 Å². The largest absolute Gasteiger partial charge is 0.481 e. The molecule has 1 amide bonds. The number of aliphatic carboxylic acids is 1. The molecule has 0 aliphatic carbocycles. The Morgan fingerprint density at radius 1 is 1.32 bits per heavy atom. The van der Waals surface area contributed by atoms with Crippen LogP contribution in [0.2, 0.25) is 0 Å². The summed E-state index contributed by atoms with van der Waals surface area (Å²) in [5.74, 6) is -0.974. The third kappa shape index (κ3) is 3.13. The van der Waals surface area contributed by atoms with Crippen LogP contribution in [-0.2, 0) is 16.0 Å². The number of H-pyrrole nitrogens is 1. The molecule has 1 aromatic carbocycles. The summed E-state index contributed by atoms with van der Waals surface area (Å²) in [5.41, 5.74) is 1.93. The van der Waals surface area contributed by atoms with E-state index >= 15 is 0 Å². The summed E-state index contributed by atoms with van der Waals surface area (Å²) in [6, 6.07) is 7.78. The van der Waals surface area contributed by atoms with Gasteiger partial charge in [-0.05, 0) is 11.6 Å². The van der Waals surface area contributed by atoms with E-state index in [9.17, 15) is 9.59 Å². The third-order valence-electron chi connectivity index (χ3n) is 3.10. The van der Waals surface area contributed by atoms with Gasteiger partial charge in [0.25, 0.3) is 0 Å². The number of hydrogen-bond donors (Lipinski definition) is 2. The first-order valence-corrected chi connectivity index (χ1v) is 6.08. The van der Waals surface area contributed by atoms with Gasteiger partial charge in [-0.25, -0.2) is 0 Å². The molecular weight excluding hydrogens is 244 g/mol. The molecule has 0 fully saturated rings. The van der Waals surface area contributed by atoms with Crippen LogP contribution in [0, 0.1) is 0 Å². The van der Waals surface area contributed by atoms with Gasteiger partial charge in [0.1, 0.15) is 0 Å². The van der Waals surface area contributed by atoms with Crippen molar-refractivity contribution in [3.05, 3.63) is 36.0 Å². The number of nitrogens with one attached hydrogen (secondary N) is 1. The third-order valence-corrected chi connectivity index (χ3v) is 3.10. The number of hydrogen-bond acceptors (Lipinski definition) is 2. The van der Waals surface area contributed by atoms with Crippen molar-refractivity contribution in [1.29, 1.82) is 0 Å². The Morgan fingerprint density at radius 3 is 2.79 bits per heavy atom. The summed E-state index contributed by atoms with van der Waals surface area (Å²) >= 11 is 0. The van der Waals surface area contributed by atoms with Gasteiger partial charge in [-0.1, -0.05) is 18.2 Å². The first kappa shape index (κ1) is 13.1. The van der Waals surface area contributed by atoms with E-state index in [4.69, 9.17) is 5.11 Å². The maximum Gasteiger partial charge on any atom is 0.305 e. The van der Waals surface area contributed by atoms with Crippen molar-refractivity contribution in [3.63, 3.8) is 0 Å². The van der Waals surface area contributed by atoms with E-state index in [1.807, 2.05) is 30.5 Å². The maximum atomic E-state index is 12.0. The highest BCUT2D eigenvalue weighted by atomic mass is 16.4. The van der Waals surface area contributed by atoms with Gasteiger partial charge in [0, 0.05) is 30.7 Å². The fourth-order valence-corrected chi connectivity index (χ4v) is 1.96. The quantitative estimate of drug-likeness (QED) is 0.858. The predicted molar refractivity (Wildman–Crippen MR) is 71.9 cm³/mol. The number of carboxylic acids is 1. The summed E-state index contributed by atoms with van der Waals surface area (Å²) in [4.78, 5) is 27.0. The van der Waals surface area contributed by atoms with E-state index in [-0.39, 0.29) is 25.3 Å². The number of rotatable bonds is 5. The highest BCUT2D eigenvalue weighted by molar-refractivity contribution is 5.88. The van der Waals surface area contributed by atoms with Gasteiger partial charge in [-0.3, -0.25) is 9.59 Å². The number of carbonyl (C=O) groups is 2. The molecule has 0 radical (unpaired) electrons. The van der Waals surface area contributed by atoms with Gasteiger partial charge in [0.15, 0.2) is 0 Å². The van der Waals surface area contributed by atoms with Gasteiger partial charge in [0.2, 0.25) is 5.91 Å². The Labute approximate surface area is 110 Å². The molecule has 0 atom stereocenters. The van der Waals surface area contributed by atoms with E-state index < -0.39 is 5.97 Å². The van der Waals surface area contributed by atoms with Crippen molar-refractivity contribution in [1.82, 2.24) is 9.88 Å². The van der Waals surface area contributed by atoms with Crippen LogP contribution in [0.25, 0.3) is 10.9 Å². The van der Waals surface area contributed by atoms with E-state index in [0.29, 0.717) is 0 Å². The highest BCUT2D eigenvalue weighted by Crippen LogP contribution is 2.18. The van der Waals surface area contributed by atoms with Crippen LogP contribution < -0.4 is 0 Å². The second-order valence-corrected chi connectivity index (χ2v) is 4.50. The molecule has 5 nitrogen and oxygen atoms in total. The molecule has 0 unspecified atom stereocenters. The Kier molecular flexibility index (Phi) is 3.85. The minimum atomic E-state index is -0.897. The zero-order chi connectivity index (χ0) is 13.8. The van der Waals surface area contributed by atoms with E-state index in [1.165, 1.54) is 4.90 Å². The second kappa shape index (κ2) is 5.56. The number of likely N-dealkylation sites (N-methyl/N-ethyl adjacent to an activating group) is 1. The summed E-state index contributed by atoms with van der Waals surface area (Å²) in [6.45, 7) is 0.233. The molecule has 2 aromatic rings. The van der Waals surface area contributed by atoms with Crippen LogP contribution in [-0.4, -0.2) is 40.5 Å². The van der Waals surface area contributed by atoms with Crippen molar-refractivity contribution in [3.8, 4) is 0 Å². The molecule has 2 N–H and O–H groups in total. The van der Waals surface area contributed by atoms with Crippen LogP contribution in [0.1, 0.15) is 12.0 Å². The zero-order valence-corrected chi connectivity index (χ0v) is 10.7. The zero-order valence-electron chi connectivity index (χ0n) is 10.7. The molecule has 5 heteroatoms. The second-order valence-electron chi connectivity index (χ2n) is 4.50. The number of para-hydroxylation sites is 1. The number of aromatic nitrogens is 1. The SMILES string of the molecule is CN(CCC(=O)O)C(=O)Cc1c[nH]c2ccccc12. The summed E-state index contributed by atoms with van der Waals surface area (Å²) in [5, 5.41) is 9.63. The molecule has 19 heavy (non-hydrogen) atoms. The van der Waals surface area contributed by atoms with Gasteiger partial charge in [-0.2, -0.15) is 0 Å². The standard InChI is InChI=1S/C14H16N2O3/c1-16(7-6-14(18)19)13(17)8-10-9-15-12-5-3-2-4-11(10)12/h2-5,9,15H,6-8H2,1H3,(H,18,19). The van der Waals surface area contributed by atoms with Crippen molar-refractivity contribution in [2.24, 2.45) is 0 Å². The van der Waals surface area contributed by atoms with Crippen LogP contribution in [0.5, 0.6) is 0 Å². The predicted octanol–water partition coefficient (Wildman–Crippen LogP) is 1.64. The molecule has 0 saturated carbocycles. The molecule has 0 spiro atoms. The average molecular weight is 260 g/mol. The van der Waals surface area contributed by atoms with Gasteiger partial charge in [-0.15, -0.1) is 0 Å². The minimum absolute atomic E-state index is 0.0316. The molecule has 0 aliphatic rings. The first-order valence-electron chi connectivity index (χ1n) is 6.08. The highest BCUT2D eigenvalue weighted by Gasteiger charge is 2.13. The molecular formula is C14H16N2O3. The van der Waals surface area contributed by atoms with Crippen LogP contribution in [0.4, 0.5) is 0 Å².